The van der Waals surface area contributed by atoms with Gasteiger partial charge in [-0.25, -0.2) is 9.78 Å². The number of benzene rings is 1. The van der Waals surface area contributed by atoms with E-state index in [1.54, 1.807) is 11.0 Å². The number of aromatic nitrogens is 1. The maximum absolute atomic E-state index is 12.3. The number of fused-ring (bicyclic) bond motifs is 1. The average molecular weight is 379 g/mol. The molecular weight excluding hydrogens is 358 g/mol. The molecule has 1 atom stereocenters. The van der Waals surface area contributed by atoms with Crippen LogP contribution in [0.4, 0.5) is 10.5 Å². The third kappa shape index (κ3) is 4.27. The summed E-state index contributed by atoms with van der Waals surface area (Å²) in [7, 11) is 0. The number of amides is 1. The molecule has 2 aromatic rings. The average Bonchev–Trinajstić information content (AvgIpc) is 3.16. The van der Waals surface area contributed by atoms with E-state index in [4.69, 9.17) is 9.15 Å². The molecule has 1 unspecified atom stereocenters. The summed E-state index contributed by atoms with van der Waals surface area (Å²) in [6.07, 6.45) is 1.54. The summed E-state index contributed by atoms with van der Waals surface area (Å²) in [4.78, 5) is 28.8. The molecule has 0 radical (unpaired) electrons. The van der Waals surface area contributed by atoms with Crippen molar-refractivity contribution in [3.05, 3.63) is 28.3 Å². The first kappa shape index (κ1) is 18.5. The van der Waals surface area contributed by atoms with Crippen LogP contribution < -0.4 is 0 Å². The molecule has 140 valence electrons. The van der Waals surface area contributed by atoms with Crippen LogP contribution in [0.3, 0.4) is 0 Å². The molecule has 2 heterocycles. The molecule has 1 aliphatic heterocycles. The zero-order valence-electron chi connectivity index (χ0n) is 14.9. The molecule has 9 heteroatoms. The monoisotopic (exact) mass is 379 g/mol. The van der Waals surface area contributed by atoms with Crippen molar-refractivity contribution in [1.29, 1.82) is 0 Å². The van der Waals surface area contributed by atoms with Crippen molar-refractivity contribution < 1.29 is 18.9 Å². The van der Waals surface area contributed by atoms with E-state index in [0.717, 1.165) is 12.8 Å². The first-order valence-electron chi connectivity index (χ1n) is 8.40. The summed E-state index contributed by atoms with van der Waals surface area (Å²) in [5, 5.41) is 11.3. The highest BCUT2D eigenvalue weighted by Crippen LogP contribution is 2.30. The second kappa shape index (κ2) is 7.14. The largest absolute Gasteiger partial charge is 0.444 e. The number of likely N-dealkylation sites (tertiary alicyclic amines) is 1. The highest BCUT2D eigenvalue weighted by atomic mass is 32.2. The van der Waals surface area contributed by atoms with E-state index >= 15 is 0 Å². The van der Waals surface area contributed by atoms with E-state index in [0.29, 0.717) is 28.6 Å². The Morgan fingerprint density at radius 3 is 2.96 bits per heavy atom. The second-order valence-electron chi connectivity index (χ2n) is 7.17. The number of thioether (sulfide) groups is 1. The summed E-state index contributed by atoms with van der Waals surface area (Å²) < 4.78 is 11.1. The van der Waals surface area contributed by atoms with E-state index in [1.807, 2.05) is 20.8 Å². The number of nitro groups is 1. The van der Waals surface area contributed by atoms with Crippen LogP contribution in [0.2, 0.25) is 0 Å². The number of oxazole rings is 1. The minimum Gasteiger partial charge on any atom is -0.444 e. The molecule has 1 aromatic carbocycles. The zero-order chi connectivity index (χ0) is 18.9. The number of rotatable bonds is 4. The molecule has 1 aliphatic rings. The molecule has 3 rings (SSSR count). The summed E-state index contributed by atoms with van der Waals surface area (Å²) in [5.41, 5.74) is 0.423. The molecule has 1 aromatic heterocycles. The maximum Gasteiger partial charge on any atom is 0.410 e. The lowest BCUT2D eigenvalue weighted by molar-refractivity contribution is -0.384. The lowest BCUT2D eigenvalue weighted by Gasteiger charge is -2.28. The molecule has 0 bridgehead atoms. The summed E-state index contributed by atoms with van der Waals surface area (Å²) >= 11 is 1.40. The molecule has 26 heavy (non-hydrogen) atoms. The minimum atomic E-state index is -0.521. The molecule has 1 amide bonds. The van der Waals surface area contributed by atoms with Gasteiger partial charge in [-0.1, -0.05) is 11.8 Å². The summed E-state index contributed by atoms with van der Waals surface area (Å²) in [5.74, 6) is 0.633. The van der Waals surface area contributed by atoms with Gasteiger partial charge in [0.15, 0.2) is 5.58 Å². The lowest BCUT2D eigenvalue weighted by Crippen LogP contribution is -2.40. The van der Waals surface area contributed by atoms with Crippen LogP contribution in [0.1, 0.15) is 33.6 Å². The van der Waals surface area contributed by atoms with E-state index in [-0.39, 0.29) is 17.8 Å². The van der Waals surface area contributed by atoms with E-state index < -0.39 is 10.5 Å². The number of hydrogen-bond acceptors (Lipinski definition) is 7. The number of carbonyl (C=O) groups excluding carboxylic acids is 1. The molecule has 0 N–H and O–H groups in total. The van der Waals surface area contributed by atoms with Crippen molar-refractivity contribution in [2.24, 2.45) is 0 Å². The molecular formula is C17H21N3O5S. The number of carbonyl (C=O) groups is 1. The van der Waals surface area contributed by atoms with E-state index in [2.05, 4.69) is 4.98 Å². The van der Waals surface area contributed by atoms with Crippen molar-refractivity contribution in [3.63, 3.8) is 0 Å². The molecule has 1 fully saturated rings. The number of non-ortho nitro benzene ring substituents is 1. The Kier molecular flexibility index (Phi) is 5.08. The van der Waals surface area contributed by atoms with Gasteiger partial charge in [-0.15, -0.1) is 0 Å². The molecule has 0 aliphatic carbocycles. The van der Waals surface area contributed by atoms with Gasteiger partial charge >= 0.3 is 6.09 Å². The Labute approximate surface area is 155 Å². The van der Waals surface area contributed by atoms with Crippen molar-refractivity contribution >= 4 is 34.6 Å². The second-order valence-corrected chi connectivity index (χ2v) is 8.14. The maximum atomic E-state index is 12.3. The lowest BCUT2D eigenvalue weighted by atomic mass is 10.2. The molecule has 0 spiro atoms. The van der Waals surface area contributed by atoms with Crippen LogP contribution in [-0.2, 0) is 4.74 Å². The fraction of sp³-hybridized carbons (Fsp3) is 0.529. The standard InChI is InChI=1S/C17H21N3O5S/c1-17(2,3)25-16(21)19-8-4-5-12(19)10-26-15-18-13-9-11(20(22)23)6-7-14(13)24-15/h6-7,9,12H,4-5,8,10H2,1-3H3. The number of ether oxygens (including phenoxy) is 1. The van der Waals surface area contributed by atoms with Crippen molar-refractivity contribution in [1.82, 2.24) is 9.88 Å². The van der Waals surface area contributed by atoms with Crippen molar-refractivity contribution in [3.8, 4) is 0 Å². The van der Waals surface area contributed by atoms with Gasteiger partial charge in [0, 0.05) is 30.5 Å². The van der Waals surface area contributed by atoms with Crippen LogP contribution in [0.15, 0.2) is 27.8 Å². The van der Waals surface area contributed by atoms with Gasteiger partial charge in [-0.3, -0.25) is 10.1 Å². The van der Waals surface area contributed by atoms with Crippen LogP contribution >= 0.6 is 11.8 Å². The number of hydrogen-bond donors (Lipinski definition) is 0. The molecule has 8 nitrogen and oxygen atoms in total. The Morgan fingerprint density at radius 1 is 1.50 bits per heavy atom. The number of nitrogens with zero attached hydrogens (tertiary/aromatic N) is 3. The van der Waals surface area contributed by atoms with Gasteiger partial charge in [0.05, 0.1) is 4.92 Å². The van der Waals surface area contributed by atoms with E-state index in [9.17, 15) is 14.9 Å². The Morgan fingerprint density at radius 2 is 2.27 bits per heavy atom. The van der Waals surface area contributed by atoms with Gasteiger partial charge in [-0.05, 0) is 39.7 Å². The Bertz CT molecular complexity index is 829. The van der Waals surface area contributed by atoms with Crippen LogP contribution in [-0.4, -0.2) is 44.8 Å². The summed E-state index contributed by atoms with van der Waals surface area (Å²) in [6.45, 7) is 6.23. The number of nitro benzene ring substituents is 1. The normalized spacial score (nSPS) is 17.7. The highest BCUT2D eigenvalue weighted by molar-refractivity contribution is 7.99. The molecule has 0 saturated carbocycles. The Balaban J connectivity index is 1.65. The van der Waals surface area contributed by atoms with Crippen molar-refractivity contribution in [2.75, 3.05) is 12.3 Å². The topological polar surface area (TPSA) is 98.7 Å². The fourth-order valence-corrected chi connectivity index (χ4v) is 3.80. The minimum absolute atomic E-state index is 0.0192. The molecule has 1 saturated heterocycles. The third-order valence-electron chi connectivity index (χ3n) is 3.97. The quantitative estimate of drug-likeness (QED) is 0.445. The van der Waals surface area contributed by atoms with Crippen molar-refractivity contribution in [2.45, 2.75) is 50.5 Å². The zero-order valence-corrected chi connectivity index (χ0v) is 15.7. The van der Waals surface area contributed by atoms with Crippen LogP contribution in [0, 0.1) is 10.1 Å². The van der Waals surface area contributed by atoms with Gasteiger partial charge < -0.3 is 14.1 Å². The van der Waals surface area contributed by atoms with Crippen LogP contribution in [0.5, 0.6) is 0 Å². The van der Waals surface area contributed by atoms with E-state index in [1.165, 1.54) is 23.9 Å². The Hall–Kier alpha value is -2.29. The van der Waals surface area contributed by atoms with Gasteiger partial charge in [0.1, 0.15) is 11.1 Å². The van der Waals surface area contributed by atoms with Gasteiger partial charge in [0.25, 0.3) is 10.9 Å². The van der Waals surface area contributed by atoms with Gasteiger partial charge in [0.2, 0.25) is 0 Å². The fourth-order valence-electron chi connectivity index (χ4n) is 2.81. The SMILES string of the molecule is CC(C)(C)OC(=O)N1CCCC1CSc1nc2cc([N+](=O)[O-])ccc2o1. The van der Waals surface area contributed by atoms with Crippen LogP contribution in [0.25, 0.3) is 11.1 Å². The predicted octanol–water partition coefficient (Wildman–Crippen LogP) is 4.23. The van der Waals surface area contributed by atoms with Gasteiger partial charge in [-0.2, -0.15) is 0 Å². The summed E-state index contributed by atoms with van der Waals surface area (Å²) in [6, 6.07) is 4.39. The highest BCUT2D eigenvalue weighted by Gasteiger charge is 2.32. The third-order valence-corrected chi connectivity index (χ3v) is 4.94. The smallest absolute Gasteiger partial charge is 0.410 e. The first-order valence-corrected chi connectivity index (χ1v) is 9.39. The predicted molar refractivity (Wildman–Crippen MR) is 97.3 cm³/mol. The first-order chi connectivity index (χ1) is 12.2.